The molecule has 0 fully saturated rings. The number of unbranched alkanes of at least 4 members (excludes halogenated alkanes) is 8. The smallest absolute Gasteiger partial charge is 0.211 e. The van der Waals surface area contributed by atoms with E-state index in [-0.39, 0.29) is 0 Å². The van der Waals surface area contributed by atoms with Crippen molar-refractivity contribution in [3.8, 4) is 0 Å². The van der Waals surface area contributed by atoms with Crippen LogP contribution >= 0.6 is 0 Å². The topological polar surface area (TPSA) is 29.4 Å². The van der Waals surface area contributed by atoms with Crippen LogP contribution < -0.4 is 0 Å². The lowest BCUT2D eigenvalue weighted by atomic mass is 10.1. The molecule has 0 spiro atoms. The predicted octanol–water partition coefficient (Wildman–Crippen LogP) is 4.37. The Balaban J connectivity index is 3.01. The van der Waals surface area contributed by atoms with Crippen molar-refractivity contribution in [1.82, 2.24) is 0 Å². The van der Waals surface area contributed by atoms with Crippen molar-refractivity contribution in [1.29, 1.82) is 0 Å². The van der Waals surface area contributed by atoms with Gasteiger partial charge in [-0.1, -0.05) is 57.9 Å². The second-order valence-corrected chi connectivity index (χ2v) is 3.87. The molecule has 0 atom stereocenters. The molecule has 0 radical (unpaired) electrons. The zero-order valence-corrected chi connectivity index (χ0v) is 9.87. The first-order chi connectivity index (χ1) is 7.41. The Morgan fingerprint density at radius 2 is 1.60 bits per heavy atom. The third kappa shape index (κ3) is 13.1. The highest BCUT2D eigenvalue weighted by Crippen LogP contribution is 2.09. The highest BCUT2D eigenvalue weighted by atomic mass is 16.1. The maximum absolute atomic E-state index is 9.72. The van der Waals surface area contributed by atoms with Crippen LogP contribution in [0.3, 0.4) is 0 Å². The van der Waals surface area contributed by atoms with Gasteiger partial charge in [0.2, 0.25) is 6.08 Å². The van der Waals surface area contributed by atoms with E-state index in [0.717, 1.165) is 6.42 Å². The molecular weight excluding hydrogens is 186 g/mol. The summed E-state index contributed by atoms with van der Waals surface area (Å²) in [6.07, 6.45) is 16.7. The first kappa shape index (κ1) is 14.1. The van der Waals surface area contributed by atoms with Gasteiger partial charge < -0.3 is 0 Å². The molecule has 0 unspecified atom stereocenters. The van der Waals surface area contributed by atoms with Gasteiger partial charge >= 0.3 is 0 Å². The molecule has 0 saturated carbocycles. The SMILES string of the molecule is CCCCCCCCCCC=CN=C=O. The van der Waals surface area contributed by atoms with Crippen molar-refractivity contribution in [2.75, 3.05) is 0 Å². The second-order valence-electron chi connectivity index (χ2n) is 3.87. The van der Waals surface area contributed by atoms with Crippen LogP contribution in [0.4, 0.5) is 0 Å². The van der Waals surface area contributed by atoms with Crippen molar-refractivity contribution < 1.29 is 4.79 Å². The number of hydrogen-bond donors (Lipinski definition) is 0. The monoisotopic (exact) mass is 209 g/mol. The van der Waals surface area contributed by atoms with E-state index in [4.69, 9.17) is 0 Å². The van der Waals surface area contributed by atoms with Crippen molar-refractivity contribution in [3.63, 3.8) is 0 Å². The third-order valence-electron chi connectivity index (χ3n) is 2.46. The Labute approximate surface area is 93.5 Å². The average molecular weight is 209 g/mol. The van der Waals surface area contributed by atoms with Gasteiger partial charge in [-0.05, 0) is 12.8 Å². The van der Waals surface area contributed by atoms with Crippen LogP contribution in [0, 0.1) is 0 Å². The predicted molar refractivity (Wildman–Crippen MR) is 64.5 cm³/mol. The molecule has 0 aromatic carbocycles. The van der Waals surface area contributed by atoms with Crippen LogP contribution in [0.25, 0.3) is 0 Å². The van der Waals surface area contributed by atoms with Crippen molar-refractivity contribution in [2.45, 2.75) is 64.7 Å². The lowest BCUT2D eigenvalue weighted by molar-refractivity contribution is 0.565. The first-order valence-electron chi connectivity index (χ1n) is 6.13. The summed E-state index contributed by atoms with van der Waals surface area (Å²) in [5, 5.41) is 0. The van der Waals surface area contributed by atoms with E-state index < -0.39 is 0 Å². The minimum Gasteiger partial charge on any atom is -0.211 e. The summed E-state index contributed by atoms with van der Waals surface area (Å²) in [7, 11) is 0. The minimum atomic E-state index is 1.03. The number of aliphatic imine (C=N–C) groups is 1. The van der Waals surface area contributed by atoms with E-state index in [9.17, 15) is 4.79 Å². The van der Waals surface area contributed by atoms with Crippen LogP contribution in [0.1, 0.15) is 64.7 Å². The van der Waals surface area contributed by atoms with E-state index in [2.05, 4.69) is 11.9 Å². The lowest BCUT2D eigenvalue weighted by Gasteiger charge is -1.99. The normalized spacial score (nSPS) is 10.5. The van der Waals surface area contributed by atoms with Gasteiger partial charge in [-0.25, -0.2) is 4.79 Å². The Kier molecular flexibility index (Phi) is 12.4. The van der Waals surface area contributed by atoms with E-state index in [1.165, 1.54) is 63.6 Å². The van der Waals surface area contributed by atoms with Crippen LogP contribution in [0.2, 0.25) is 0 Å². The molecule has 0 amide bonds. The summed E-state index contributed by atoms with van der Waals surface area (Å²) in [4.78, 5) is 13.1. The Morgan fingerprint density at radius 3 is 2.20 bits per heavy atom. The number of nitrogens with zero attached hydrogens (tertiary/aromatic N) is 1. The number of rotatable bonds is 10. The summed E-state index contributed by atoms with van der Waals surface area (Å²) in [6, 6.07) is 0. The van der Waals surface area contributed by atoms with Gasteiger partial charge in [-0.15, -0.1) is 0 Å². The fourth-order valence-corrected chi connectivity index (χ4v) is 1.55. The van der Waals surface area contributed by atoms with Crippen LogP contribution in [-0.4, -0.2) is 6.08 Å². The van der Waals surface area contributed by atoms with E-state index in [1.54, 1.807) is 0 Å². The Hall–Kier alpha value is -0.880. The van der Waals surface area contributed by atoms with Crippen molar-refractivity contribution in [2.24, 2.45) is 4.99 Å². The molecule has 0 rings (SSSR count). The molecule has 0 heterocycles. The molecule has 0 N–H and O–H groups in total. The van der Waals surface area contributed by atoms with Gasteiger partial charge in [0.25, 0.3) is 0 Å². The molecule has 2 nitrogen and oxygen atoms in total. The maximum Gasteiger partial charge on any atom is 0.239 e. The van der Waals surface area contributed by atoms with Crippen LogP contribution in [-0.2, 0) is 4.79 Å². The summed E-state index contributed by atoms with van der Waals surface area (Å²) in [5.41, 5.74) is 0. The van der Waals surface area contributed by atoms with Gasteiger partial charge in [-0.3, -0.25) is 0 Å². The Bertz CT molecular complexity index is 193. The summed E-state index contributed by atoms with van der Waals surface area (Å²) >= 11 is 0. The molecule has 0 aromatic rings. The van der Waals surface area contributed by atoms with E-state index >= 15 is 0 Å². The van der Waals surface area contributed by atoms with Gasteiger partial charge in [0, 0.05) is 6.20 Å². The molecule has 0 bridgehead atoms. The molecule has 0 aliphatic carbocycles. The molecule has 15 heavy (non-hydrogen) atoms. The zero-order valence-electron chi connectivity index (χ0n) is 9.87. The molecule has 86 valence electrons. The van der Waals surface area contributed by atoms with E-state index in [1.807, 2.05) is 6.08 Å². The third-order valence-corrected chi connectivity index (χ3v) is 2.46. The summed E-state index contributed by atoms with van der Waals surface area (Å²) in [5.74, 6) is 0. The number of hydrogen-bond acceptors (Lipinski definition) is 2. The minimum absolute atomic E-state index is 1.03. The number of carbonyl (C=O) groups excluding carboxylic acids is 1. The van der Waals surface area contributed by atoms with Crippen LogP contribution in [0.15, 0.2) is 17.3 Å². The van der Waals surface area contributed by atoms with Gasteiger partial charge in [0.05, 0.1) is 0 Å². The average Bonchev–Trinajstić information content (AvgIpc) is 2.26. The molecule has 0 aromatic heterocycles. The van der Waals surface area contributed by atoms with Crippen LogP contribution in [0.5, 0.6) is 0 Å². The summed E-state index contributed by atoms with van der Waals surface area (Å²) < 4.78 is 0. The van der Waals surface area contributed by atoms with Crippen molar-refractivity contribution >= 4 is 6.08 Å². The molecule has 0 saturated heterocycles. The first-order valence-corrected chi connectivity index (χ1v) is 6.13. The van der Waals surface area contributed by atoms with Gasteiger partial charge in [0.15, 0.2) is 0 Å². The number of isocyanates is 1. The highest BCUT2D eigenvalue weighted by Gasteiger charge is 1.89. The quantitative estimate of drug-likeness (QED) is 0.298. The highest BCUT2D eigenvalue weighted by molar-refractivity contribution is 5.34. The lowest BCUT2D eigenvalue weighted by Crippen LogP contribution is -1.79. The van der Waals surface area contributed by atoms with Gasteiger partial charge in [-0.2, -0.15) is 4.99 Å². The van der Waals surface area contributed by atoms with Gasteiger partial charge in [0.1, 0.15) is 0 Å². The standard InChI is InChI=1S/C13H23NO/c1-2-3-4-5-6-7-8-9-10-11-12-14-13-15/h11-12H,2-10H2,1H3. The molecule has 2 heteroatoms. The fraction of sp³-hybridized carbons (Fsp3) is 0.769. The summed E-state index contributed by atoms with van der Waals surface area (Å²) in [6.45, 7) is 2.24. The van der Waals surface area contributed by atoms with Crippen molar-refractivity contribution in [3.05, 3.63) is 12.3 Å². The largest absolute Gasteiger partial charge is 0.239 e. The fourth-order valence-electron chi connectivity index (χ4n) is 1.55. The molecule has 0 aliphatic rings. The zero-order chi connectivity index (χ0) is 11.2. The second kappa shape index (κ2) is 13.1. The number of allylic oxidation sites excluding steroid dienone is 1. The molecular formula is C13H23NO. The maximum atomic E-state index is 9.72. The Morgan fingerprint density at radius 1 is 1.00 bits per heavy atom. The van der Waals surface area contributed by atoms with E-state index in [0.29, 0.717) is 0 Å². The molecule has 0 aliphatic heterocycles.